The Hall–Kier alpha value is -1.94. The highest BCUT2D eigenvalue weighted by molar-refractivity contribution is 7.47. The number of carbonyl (C=O) groups is 4. The molecule has 0 aromatic carbocycles. The Balaban J connectivity index is 4.99. The van der Waals surface area contributed by atoms with Crippen molar-refractivity contribution in [2.45, 2.75) is 239 Å². The van der Waals surface area contributed by atoms with Crippen LogP contribution in [0.3, 0.4) is 0 Å². The molecule has 2 unspecified atom stereocenters. The lowest BCUT2D eigenvalue weighted by molar-refractivity contribution is -0.161. The van der Waals surface area contributed by atoms with Gasteiger partial charge in [0.1, 0.15) is 19.3 Å². The van der Waals surface area contributed by atoms with E-state index in [0.29, 0.717) is 25.7 Å². The van der Waals surface area contributed by atoms with Crippen LogP contribution in [0.2, 0.25) is 0 Å². The summed E-state index contributed by atoms with van der Waals surface area (Å²) in [5, 5.41) is 10.3. The third-order valence-electron chi connectivity index (χ3n) is 10.6. The molecule has 0 aliphatic heterocycles. The van der Waals surface area contributed by atoms with Gasteiger partial charge in [-0.25, -0.2) is 9.13 Å². The number of ether oxygens (including phenoxy) is 4. The summed E-state index contributed by atoms with van der Waals surface area (Å²) in [6, 6.07) is 0. The van der Waals surface area contributed by atoms with Crippen LogP contribution in [0, 0.1) is 0 Å². The average molecular weight is 989 g/mol. The lowest BCUT2D eigenvalue weighted by Gasteiger charge is -2.21. The summed E-state index contributed by atoms with van der Waals surface area (Å²) in [5.74, 6) is -2.23. The van der Waals surface area contributed by atoms with Crippen molar-refractivity contribution < 1.29 is 80.2 Å². The van der Waals surface area contributed by atoms with Crippen molar-refractivity contribution in [3.63, 3.8) is 0 Å². The van der Waals surface area contributed by atoms with Gasteiger partial charge in [0.05, 0.1) is 26.4 Å². The monoisotopic (exact) mass is 989 g/mol. The predicted molar refractivity (Wildman–Crippen MR) is 252 cm³/mol. The maximum Gasteiger partial charge on any atom is 0.472 e. The number of hydrogen-bond acceptors (Lipinski definition) is 15. The molecule has 0 aromatic rings. The van der Waals surface area contributed by atoms with Crippen LogP contribution in [-0.4, -0.2) is 96.7 Å². The maximum atomic E-state index is 12.8. The smallest absolute Gasteiger partial charge is 0.462 e. The zero-order valence-corrected chi connectivity index (χ0v) is 42.9. The summed E-state index contributed by atoms with van der Waals surface area (Å²) in [4.78, 5) is 70.1. The molecule has 66 heavy (non-hydrogen) atoms. The number of hydrogen-bond donors (Lipinski definition) is 3. The van der Waals surface area contributed by atoms with Gasteiger partial charge in [0.15, 0.2) is 12.2 Å². The van der Waals surface area contributed by atoms with E-state index in [1.165, 1.54) is 57.8 Å². The highest BCUT2D eigenvalue weighted by Crippen LogP contribution is 2.45. The second-order valence-corrected chi connectivity index (χ2v) is 20.0. The zero-order valence-electron chi connectivity index (χ0n) is 41.1. The molecule has 0 rings (SSSR count). The molecule has 3 N–H and O–H groups in total. The number of aliphatic hydroxyl groups excluding tert-OH is 1. The van der Waals surface area contributed by atoms with Crippen LogP contribution < -0.4 is 0 Å². The molecule has 17 nitrogen and oxygen atoms in total. The Morgan fingerprint density at radius 2 is 0.636 bits per heavy atom. The van der Waals surface area contributed by atoms with E-state index in [4.69, 9.17) is 37.0 Å². The maximum absolute atomic E-state index is 12.8. The molecule has 5 atom stereocenters. The minimum atomic E-state index is -4.91. The number of unbranched alkanes of at least 4 members (excludes halogenated alkanes) is 22. The molecule has 0 saturated heterocycles. The highest BCUT2D eigenvalue weighted by atomic mass is 31.2. The first-order valence-corrected chi connectivity index (χ1v) is 28.3. The van der Waals surface area contributed by atoms with Crippen molar-refractivity contribution in [1.29, 1.82) is 0 Å². The van der Waals surface area contributed by atoms with Gasteiger partial charge in [0, 0.05) is 25.7 Å². The molecule has 0 spiro atoms. The van der Waals surface area contributed by atoms with Gasteiger partial charge in [-0.05, 0) is 25.7 Å². The van der Waals surface area contributed by atoms with Gasteiger partial charge in [0.2, 0.25) is 0 Å². The molecule has 0 amide bonds. The molecule has 0 aromatic heterocycles. The van der Waals surface area contributed by atoms with Crippen LogP contribution in [-0.2, 0) is 65.4 Å². The van der Waals surface area contributed by atoms with Gasteiger partial charge >= 0.3 is 39.5 Å². The molecule has 0 aliphatic carbocycles. The van der Waals surface area contributed by atoms with Crippen LogP contribution >= 0.6 is 15.6 Å². The zero-order chi connectivity index (χ0) is 49.2. The van der Waals surface area contributed by atoms with Gasteiger partial charge in [-0.1, -0.05) is 169 Å². The Kier molecular flexibility index (Phi) is 41.8. The summed E-state index contributed by atoms with van der Waals surface area (Å²) in [5.41, 5.74) is 0. The molecule has 0 saturated carbocycles. The number of rotatable bonds is 48. The average Bonchev–Trinajstić information content (AvgIpc) is 3.28. The third kappa shape index (κ3) is 42.2. The van der Waals surface area contributed by atoms with Crippen LogP contribution in [0.15, 0.2) is 0 Å². The topological polar surface area (TPSA) is 237 Å². The van der Waals surface area contributed by atoms with Gasteiger partial charge in [-0.3, -0.25) is 37.3 Å². The van der Waals surface area contributed by atoms with E-state index < -0.39 is 97.5 Å². The molecule has 390 valence electrons. The van der Waals surface area contributed by atoms with Gasteiger partial charge in [-0.15, -0.1) is 0 Å². The number of esters is 4. The second kappa shape index (κ2) is 43.1. The molecule has 0 bridgehead atoms. The van der Waals surface area contributed by atoms with Crippen LogP contribution in [0.4, 0.5) is 0 Å². The second-order valence-electron chi connectivity index (χ2n) is 17.1. The standard InChI is InChI=1S/C47H90O17P2/c1-5-9-12-15-17-18-19-20-21-22-23-24-27-30-34-47(52)64-43(38-58-45(50)32-28-26-16-13-10-6-2)40-62-66(55,56)60-36-41(48)35-59-65(53,54)61-39-42(37-57-44(49)31-8-4)63-46(51)33-29-25-14-11-7-3/h41-43,48H,5-40H2,1-4H3,(H,53,54)(H,55,56)/t41-,42+,43+/m0/s1. The van der Waals surface area contributed by atoms with E-state index in [2.05, 4.69) is 20.8 Å². The first-order valence-electron chi connectivity index (χ1n) is 25.3. The predicted octanol–water partition coefficient (Wildman–Crippen LogP) is 11.3. The fraction of sp³-hybridized carbons (Fsp3) is 0.915. The van der Waals surface area contributed by atoms with Crippen LogP contribution in [0.25, 0.3) is 0 Å². The lowest BCUT2D eigenvalue weighted by atomic mass is 10.0. The molecular weight excluding hydrogens is 898 g/mol. The first-order chi connectivity index (χ1) is 31.7. The van der Waals surface area contributed by atoms with E-state index in [-0.39, 0.29) is 25.7 Å². The van der Waals surface area contributed by atoms with Crippen molar-refractivity contribution >= 4 is 39.5 Å². The largest absolute Gasteiger partial charge is 0.472 e. The third-order valence-corrected chi connectivity index (χ3v) is 12.5. The minimum absolute atomic E-state index is 0.0964. The van der Waals surface area contributed by atoms with E-state index in [1.807, 2.05) is 0 Å². The fourth-order valence-corrected chi connectivity index (χ4v) is 8.25. The Morgan fingerprint density at radius 1 is 0.364 bits per heavy atom. The van der Waals surface area contributed by atoms with Crippen LogP contribution in [0.5, 0.6) is 0 Å². The minimum Gasteiger partial charge on any atom is -0.462 e. The number of aliphatic hydroxyl groups is 1. The van der Waals surface area contributed by atoms with Crippen molar-refractivity contribution in [2.24, 2.45) is 0 Å². The highest BCUT2D eigenvalue weighted by Gasteiger charge is 2.30. The Morgan fingerprint density at radius 3 is 0.955 bits per heavy atom. The van der Waals surface area contributed by atoms with E-state index in [0.717, 1.165) is 83.5 Å². The SMILES string of the molecule is CCCCCCCCCCCCCCCCC(=O)O[C@H](COC(=O)CCCCCCCC)COP(=O)(O)OC[C@@H](O)COP(=O)(O)OC[C@@H](COC(=O)CCC)OC(=O)CCCCCCC. The lowest BCUT2D eigenvalue weighted by Crippen LogP contribution is -2.30. The van der Waals surface area contributed by atoms with Crippen LogP contribution in [0.1, 0.15) is 220 Å². The Bertz CT molecular complexity index is 1320. The summed E-state index contributed by atoms with van der Waals surface area (Å²) >= 11 is 0. The van der Waals surface area contributed by atoms with E-state index in [9.17, 15) is 43.2 Å². The number of phosphoric ester groups is 2. The van der Waals surface area contributed by atoms with E-state index in [1.54, 1.807) is 6.92 Å². The summed E-state index contributed by atoms with van der Waals surface area (Å²) in [7, 11) is -9.81. The summed E-state index contributed by atoms with van der Waals surface area (Å²) in [6.07, 6.45) is 23.4. The van der Waals surface area contributed by atoms with Gasteiger partial charge in [-0.2, -0.15) is 0 Å². The van der Waals surface area contributed by atoms with Crippen molar-refractivity contribution in [1.82, 2.24) is 0 Å². The molecule has 0 fully saturated rings. The van der Waals surface area contributed by atoms with E-state index >= 15 is 0 Å². The molecule has 0 radical (unpaired) electrons. The molecule has 19 heteroatoms. The first kappa shape index (κ1) is 64.1. The number of phosphoric acid groups is 2. The fourth-order valence-electron chi connectivity index (χ4n) is 6.67. The van der Waals surface area contributed by atoms with Gasteiger partial charge in [0.25, 0.3) is 0 Å². The van der Waals surface area contributed by atoms with Crippen molar-refractivity contribution in [3.8, 4) is 0 Å². The molecule has 0 heterocycles. The molecular formula is C47H90O17P2. The van der Waals surface area contributed by atoms with Crippen molar-refractivity contribution in [3.05, 3.63) is 0 Å². The Labute approximate surface area is 397 Å². The molecule has 0 aliphatic rings. The normalized spacial score (nSPS) is 14.7. The quantitative estimate of drug-likeness (QED) is 0.0222. The summed E-state index contributed by atoms with van der Waals surface area (Å²) < 4.78 is 66.3. The van der Waals surface area contributed by atoms with Crippen molar-refractivity contribution in [2.75, 3.05) is 39.6 Å². The summed E-state index contributed by atoms with van der Waals surface area (Å²) in [6.45, 7) is 4.22. The number of carbonyl (C=O) groups excluding carboxylic acids is 4. The van der Waals surface area contributed by atoms with Gasteiger partial charge < -0.3 is 33.8 Å².